The normalized spacial score (nSPS) is 10.7. The lowest BCUT2D eigenvalue weighted by Gasteiger charge is -2.16. The Morgan fingerprint density at radius 1 is 1.71 bits per heavy atom. The first-order valence-corrected chi connectivity index (χ1v) is 4.91. The van der Waals surface area contributed by atoms with Crippen LogP contribution in [0.1, 0.15) is 19.4 Å². The predicted molar refractivity (Wildman–Crippen MR) is 55.9 cm³/mol. The molecule has 0 saturated carbocycles. The molecule has 0 unspecified atom stereocenters. The molecule has 4 nitrogen and oxygen atoms in total. The summed E-state index contributed by atoms with van der Waals surface area (Å²) in [5.74, 6) is -0.295. The van der Waals surface area contributed by atoms with Crippen LogP contribution >= 0.6 is 11.3 Å². The third kappa shape index (κ3) is 2.31. The average Bonchev–Trinajstić information content (AvgIpc) is 2.50. The number of hydrogen-bond acceptors (Lipinski definition) is 4. The Morgan fingerprint density at radius 3 is 2.86 bits per heavy atom. The highest BCUT2D eigenvalue weighted by atomic mass is 32.1. The summed E-state index contributed by atoms with van der Waals surface area (Å²) >= 11 is 1.31. The second-order valence-corrected chi connectivity index (χ2v) is 4.37. The molecule has 14 heavy (non-hydrogen) atoms. The van der Waals surface area contributed by atoms with Crippen molar-refractivity contribution in [1.29, 1.82) is 5.26 Å². The molecule has 0 fully saturated rings. The van der Waals surface area contributed by atoms with Gasteiger partial charge in [-0.05, 0) is 25.3 Å². The zero-order valence-electron chi connectivity index (χ0n) is 8.00. The van der Waals surface area contributed by atoms with Gasteiger partial charge in [-0.15, -0.1) is 11.3 Å². The van der Waals surface area contributed by atoms with E-state index >= 15 is 0 Å². The zero-order chi connectivity index (χ0) is 10.8. The third-order valence-electron chi connectivity index (χ3n) is 1.60. The van der Waals surface area contributed by atoms with E-state index in [1.165, 1.54) is 11.3 Å². The molecular formula is C9H11N3OS. The first kappa shape index (κ1) is 10.7. The van der Waals surface area contributed by atoms with E-state index in [0.29, 0.717) is 10.6 Å². The molecule has 0 spiro atoms. The summed E-state index contributed by atoms with van der Waals surface area (Å²) < 4.78 is 0. The molecular weight excluding hydrogens is 198 g/mol. The van der Waals surface area contributed by atoms with Crippen molar-refractivity contribution >= 4 is 22.2 Å². The van der Waals surface area contributed by atoms with Crippen LogP contribution in [-0.2, 0) is 4.79 Å². The average molecular weight is 209 g/mol. The first-order chi connectivity index (χ1) is 6.45. The molecule has 0 aromatic carbocycles. The Hall–Kier alpha value is -1.38. The van der Waals surface area contributed by atoms with Crippen molar-refractivity contribution in [2.24, 2.45) is 5.73 Å². The van der Waals surface area contributed by atoms with Gasteiger partial charge in [0.25, 0.3) is 0 Å². The van der Waals surface area contributed by atoms with Crippen molar-refractivity contribution in [2.75, 3.05) is 5.32 Å². The molecule has 74 valence electrons. The maximum atomic E-state index is 11.5. The molecule has 1 amide bonds. The van der Waals surface area contributed by atoms with Gasteiger partial charge in [0.2, 0.25) is 5.91 Å². The van der Waals surface area contributed by atoms with Crippen molar-refractivity contribution in [2.45, 2.75) is 19.4 Å². The summed E-state index contributed by atoms with van der Waals surface area (Å²) in [4.78, 5) is 11.5. The number of nitrogens with two attached hydrogens (primary N) is 1. The maximum absolute atomic E-state index is 11.5. The topological polar surface area (TPSA) is 78.9 Å². The molecule has 3 N–H and O–H groups in total. The molecule has 0 aliphatic heterocycles. The molecule has 1 aromatic heterocycles. The SMILES string of the molecule is CC(C)(N)C(=O)Nc1sccc1C#N. The van der Waals surface area contributed by atoms with Crippen LogP contribution in [0.3, 0.4) is 0 Å². The van der Waals surface area contributed by atoms with Crippen molar-refractivity contribution in [3.8, 4) is 6.07 Å². The number of amides is 1. The third-order valence-corrected chi connectivity index (χ3v) is 2.43. The van der Waals surface area contributed by atoms with Gasteiger partial charge in [-0.25, -0.2) is 0 Å². The Kier molecular flexibility index (Phi) is 2.89. The van der Waals surface area contributed by atoms with Gasteiger partial charge in [-0.3, -0.25) is 4.79 Å². The number of carbonyl (C=O) groups is 1. The summed E-state index contributed by atoms with van der Waals surface area (Å²) in [6.45, 7) is 3.23. The molecule has 0 aliphatic rings. The first-order valence-electron chi connectivity index (χ1n) is 4.03. The van der Waals surface area contributed by atoms with Crippen LogP contribution in [-0.4, -0.2) is 11.4 Å². The summed E-state index contributed by atoms with van der Waals surface area (Å²) in [5, 5.41) is 13.6. The van der Waals surface area contributed by atoms with Gasteiger partial charge < -0.3 is 11.1 Å². The van der Waals surface area contributed by atoms with Gasteiger partial charge in [0, 0.05) is 0 Å². The summed E-state index contributed by atoms with van der Waals surface area (Å²) in [6.07, 6.45) is 0. The number of carbonyl (C=O) groups excluding carboxylic acids is 1. The van der Waals surface area contributed by atoms with E-state index in [1.807, 2.05) is 6.07 Å². The standard InChI is InChI=1S/C9H11N3OS/c1-9(2,11)8(13)12-7-6(5-10)3-4-14-7/h3-4H,11H2,1-2H3,(H,12,13). The molecule has 1 heterocycles. The van der Waals surface area contributed by atoms with E-state index in [0.717, 1.165) is 0 Å². The lowest BCUT2D eigenvalue weighted by Crippen LogP contribution is -2.45. The van der Waals surface area contributed by atoms with Crippen LogP contribution in [0.25, 0.3) is 0 Å². The Balaban J connectivity index is 2.81. The van der Waals surface area contributed by atoms with Crippen LogP contribution in [0.2, 0.25) is 0 Å². The highest BCUT2D eigenvalue weighted by Gasteiger charge is 2.22. The van der Waals surface area contributed by atoms with Gasteiger partial charge in [0.05, 0.1) is 11.1 Å². The van der Waals surface area contributed by atoms with E-state index in [9.17, 15) is 4.79 Å². The number of nitrogens with one attached hydrogen (secondary N) is 1. The molecule has 0 atom stereocenters. The number of anilines is 1. The zero-order valence-corrected chi connectivity index (χ0v) is 8.81. The van der Waals surface area contributed by atoms with Crippen LogP contribution < -0.4 is 11.1 Å². The maximum Gasteiger partial charge on any atom is 0.244 e. The summed E-state index contributed by atoms with van der Waals surface area (Å²) in [5.41, 5.74) is 5.13. The molecule has 0 bridgehead atoms. The number of thiophene rings is 1. The fourth-order valence-corrected chi connectivity index (χ4v) is 1.49. The lowest BCUT2D eigenvalue weighted by atomic mass is 10.1. The summed E-state index contributed by atoms with van der Waals surface area (Å²) in [6, 6.07) is 3.64. The predicted octanol–water partition coefficient (Wildman–Crippen LogP) is 1.30. The van der Waals surface area contributed by atoms with E-state index in [2.05, 4.69) is 5.32 Å². The van der Waals surface area contributed by atoms with Crippen LogP contribution in [0, 0.1) is 11.3 Å². The number of rotatable bonds is 2. The molecule has 1 rings (SSSR count). The van der Waals surface area contributed by atoms with E-state index in [-0.39, 0.29) is 5.91 Å². The molecule has 0 radical (unpaired) electrons. The highest BCUT2D eigenvalue weighted by Crippen LogP contribution is 2.22. The van der Waals surface area contributed by atoms with Gasteiger partial charge in [-0.1, -0.05) is 0 Å². The number of nitrogens with zero attached hydrogens (tertiary/aromatic N) is 1. The van der Waals surface area contributed by atoms with Crippen LogP contribution in [0.15, 0.2) is 11.4 Å². The summed E-state index contributed by atoms with van der Waals surface area (Å²) in [7, 11) is 0. The minimum atomic E-state index is -0.934. The Bertz CT molecular complexity index is 383. The molecule has 5 heteroatoms. The number of nitriles is 1. The fraction of sp³-hybridized carbons (Fsp3) is 0.333. The second kappa shape index (κ2) is 3.78. The van der Waals surface area contributed by atoms with Gasteiger partial charge in [0.15, 0.2) is 0 Å². The van der Waals surface area contributed by atoms with Gasteiger partial charge in [-0.2, -0.15) is 5.26 Å². The smallest absolute Gasteiger partial charge is 0.244 e. The highest BCUT2D eigenvalue weighted by molar-refractivity contribution is 7.14. The number of hydrogen-bond donors (Lipinski definition) is 2. The van der Waals surface area contributed by atoms with Crippen LogP contribution in [0.5, 0.6) is 0 Å². The Morgan fingerprint density at radius 2 is 2.36 bits per heavy atom. The quantitative estimate of drug-likeness (QED) is 0.770. The van der Waals surface area contributed by atoms with E-state index in [4.69, 9.17) is 11.0 Å². The van der Waals surface area contributed by atoms with Crippen LogP contribution in [0.4, 0.5) is 5.00 Å². The largest absolute Gasteiger partial charge is 0.318 e. The lowest BCUT2D eigenvalue weighted by molar-refractivity contribution is -0.120. The minimum Gasteiger partial charge on any atom is -0.318 e. The Labute approximate surface area is 86.3 Å². The van der Waals surface area contributed by atoms with E-state index in [1.54, 1.807) is 25.3 Å². The van der Waals surface area contributed by atoms with Crippen molar-refractivity contribution in [3.63, 3.8) is 0 Å². The van der Waals surface area contributed by atoms with Crippen molar-refractivity contribution in [3.05, 3.63) is 17.0 Å². The fourth-order valence-electron chi connectivity index (χ4n) is 0.758. The molecule has 0 saturated heterocycles. The van der Waals surface area contributed by atoms with Crippen molar-refractivity contribution < 1.29 is 4.79 Å². The van der Waals surface area contributed by atoms with E-state index < -0.39 is 5.54 Å². The second-order valence-electron chi connectivity index (χ2n) is 3.45. The molecule has 0 aliphatic carbocycles. The van der Waals surface area contributed by atoms with Gasteiger partial charge in [0.1, 0.15) is 11.1 Å². The molecule has 1 aromatic rings. The van der Waals surface area contributed by atoms with Crippen molar-refractivity contribution in [1.82, 2.24) is 0 Å². The monoisotopic (exact) mass is 209 g/mol. The minimum absolute atomic E-state index is 0.295. The van der Waals surface area contributed by atoms with Gasteiger partial charge >= 0.3 is 0 Å².